The molecule has 154 valence electrons. The molecule has 4 aromatic rings. The van der Waals surface area contributed by atoms with Crippen LogP contribution in [0.3, 0.4) is 0 Å². The standard InChI is InChI=1S/C24H19BrN4O2/c1-31-21-10-7-17(8-11-21)14-27-29-16-22(18-5-3-2-4-6-18)28-24(29)26-15-19-13-20(25)9-12-23(19)30/h2-16,30H,1H3/b26-15+,27-14+. The summed E-state index contributed by atoms with van der Waals surface area (Å²) >= 11 is 3.41. The second-order valence-corrected chi connectivity index (χ2v) is 7.53. The predicted octanol–water partition coefficient (Wildman–Crippen LogP) is 5.66. The van der Waals surface area contributed by atoms with Gasteiger partial charge in [-0.05, 0) is 48.0 Å². The van der Waals surface area contributed by atoms with Crippen LogP contribution in [-0.4, -0.2) is 34.3 Å². The zero-order chi connectivity index (χ0) is 21.6. The minimum Gasteiger partial charge on any atom is -0.507 e. The number of phenols is 1. The molecule has 0 fully saturated rings. The van der Waals surface area contributed by atoms with E-state index < -0.39 is 0 Å². The van der Waals surface area contributed by atoms with E-state index in [0.29, 0.717) is 11.5 Å². The molecule has 7 heteroatoms. The molecule has 0 bridgehead atoms. The second kappa shape index (κ2) is 9.40. The molecule has 0 aliphatic carbocycles. The van der Waals surface area contributed by atoms with Crippen LogP contribution in [0.5, 0.6) is 11.5 Å². The molecule has 0 aliphatic heterocycles. The van der Waals surface area contributed by atoms with Crippen molar-refractivity contribution in [2.45, 2.75) is 0 Å². The van der Waals surface area contributed by atoms with Gasteiger partial charge in [-0.25, -0.2) is 14.7 Å². The molecule has 6 nitrogen and oxygen atoms in total. The summed E-state index contributed by atoms with van der Waals surface area (Å²) in [7, 11) is 1.63. The molecule has 3 aromatic carbocycles. The maximum absolute atomic E-state index is 10.1. The highest BCUT2D eigenvalue weighted by molar-refractivity contribution is 9.10. The van der Waals surface area contributed by atoms with Crippen molar-refractivity contribution >= 4 is 34.3 Å². The lowest BCUT2D eigenvalue weighted by Crippen LogP contribution is -1.90. The van der Waals surface area contributed by atoms with Crippen molar-refractivity contribution in [1.82, 2.24) is 9.66 Å². The number of ether oxygens (including phenoxy) is 1. The fraction of sp³-hybridized carbons (Fsp3) is 0.0417. The van der Waals surface area contributed by atoms with Gasteiger partial charge in [-0.3, -0.25) is 0 Å². The van der Waals surface area contributed by atoms with Crippen molar-refractivity contribution in [3.63, 3.8) is 0 Å². The Bertz CT molecular complexity index is 1230. The number of phenolic OH excluding ortho intramolecular Hbond substituents is 1. The Labute approximate surface area is 188 Å². The number of aromatic hydroxyl groups is 1. The SMILES string of the molecule is COc1ccc(/C=N/n2cc(-c3ccccc3)nc2/N=C/c2cc(Br)ccc2O)cc1. The smallest absolute Gasteiger partial charge is 0.251 e. The van der Waals surface area contributed by atoms with Gasteiger partial charge in [0, 0.05) is 21.8 Å². The topological polar surface area (TPSA) is 72.0 Å². The van der Waals surface area contributed by atoms with Gasteiger partial charge in [0.1, 0.15) is 11.5 Å². The Morgan fingerprint density at radius 1 is 1.00 bits per heavy atom. The summed E-state index contributed by atoms with van der Waals surface area (Å²) in [6, 6.07) is 22.6. The van der Waals surface area contributed by atoms with Crippen LogP contribution in [0.15, 0.2) is 93.6 Å². The molecular formula is C24H19BrN4O2. The van der Waals surface area contributed by atoms with Crippen LogP contribution < -0.4 is 4.74 Å². The van der Waals surface area contributed by atoms with Crippen LogP contribution in [0.2, 0.25) is 0 Å². The van der Waals surface area contributed by atoms with E-state index in [1.807, 2.05) is 60.8 Å². The van der Waals surface area contributed by atoms with Crippen molar-refractivity contribution in [2.75, 3.05) is 7.11 Å². The summed E-state index contributed by atoms with van der Waals surface area (Å²) in [5.74, 6) is 1.31. The number of halogens is 1. The van der Waals surface area contributed by atoms with Gasteiger partial charge in [-0.15, -0.1) is 0 Å². The average Bonchev–Trinajstić information content (AvgIpc) is 3.22. The van der Waals surface area contributed by atoms with Crippen molar-refractivity contribution in [3.05, 3.63) is 94.6 Å². The van der Waals surface area contributed by atoms with Gasteiger partial charge >= 0.3 is 0 Å². The lowest BCUT2D eigenvalue weighted by atomic mass is 10.2. The number of nitrogens with zero attached hydrogens (tertiary/aromatic N) is 4. The highest BCUT2D eigenvalue weighted by Gasteiger charge is 2.09. The molecule has 0 amide bonds. The van der Waals surface area contributed by atoms with Crippen molar-refractivity contribution in [2.24, 2.45) is 10.1 Å². The van der Waals surface area contributed by atoms with E-state index in [2.05, 4.69) is 31.0 Å². The Hall–Kier alpha value is -3.71. The van der Waals surface area contributed by atoms with E-state index in [1.165, 1.54) is 0 Å². The fourth-order valence-electron chi connectivity index (χ4n) is 2.86. The van der Waals surface area contributed by atoms with E-state index in [1.54, 1.807) is 42.4 Å². The molecule has 0 atom stereocenters. The zero-order valence-electron chi connectivity index (χ0n) is 16.7. The van der Waals surface area contributed by atoms with E-state index >= 15 is 0 Å². The van der Waals surface area contributed by atoms with Gasteiger partial charge in [-0.1, -0.05) is 46.3 Å². The number of imidazole rings is 1. The maximum atomic E-state index is 10.1. The Morgan fingerprint density at radius 3 is 2.52 bits per heavy atom. The largest absolute Gasteiger partial charge is 0.507 e. The molecule has 0 saturated carbocycles. The third-order valence-electron chi connectivity index (χ3n) is 4.50. The summed E-state index contributed by atoms with van der Waals surface area (Å²) in [5, 5.41) is 14.6. The van der Waals surface area contributed by atoms with Crippen LogP contribution in [0.1, 0.15) is 11.1 Å². The van der Waals surface area contributed by atoms with E-state index in [-0.39, 0.29) is 5.75 Å². The van der Waals surface area contributed by atoms with Crippen molar-refractivity contribution in [1.29, 1.82) is 0 Å². The van der Waals surface area contributed by atoms with Crippen molar-refractivity contribution < 1.29 is 9.84 Å². The molecule has 31 heavy (non-hydrogen) atoms. The van der Waals surface area contributed by atoms with Gasteiger partial charge in [0.2, 0.25) is 0 Å². The predicted molar refractivity (Wildman–Crippen MR) is 127 cm³/mol. The summed E-state index contributed by atoms with van der Waals surface area (Å²) in [4.78, 5) is 9.10. The molecular weight excluding hydrogens is 456 g/mol. The summed E-state index contributed by atoms with van der Waals surface area (Å²) in [5.41, 5.74) is 3.19. The second-order valence-electron chi connectivity index (χ2n) is 6.62. The van der Waals surface area contributed by atoms with Crippen LogP contribution in [0, 0.1) is 0 Å². The Morgan fingerprint density at radius 2 is 1.77 bits per heavy atom. The number of benzene rings is 3. The highest BCUT2D eigenvalue weighted by Crippen LogP contribution is 2.24. The first-order chi connectivity index (χ1) is 15.1. The van der Waals surface area contributed by atoms with Gasteiger partial charge < -0.3 is 9.84 Å². The minimum atomic E-state index is 0.134. The monoisotopic (exact) mass is 474 g/mol. The molecule has 0 radical (unpaired) electrons. The summed E-state index contributed by atoms with van der Waals surface area (Å²) < 4.78 is 7.65. The summed E-state index contributed by atoms with van der Waals surface area (Å²) in [6.07, 6.45) is 5.12. The summed E-state index contributed by atoms with van der Waals surface area (Å²) in [6.45, 7) is 0. The molecule has 1 heterocycles. The number of aliphatic imine (C=N–C) groups is 1. The molecule has 0 saturated heterocycles. The van der Waals surface area contributed by atoms with E-state index in [4.69, 9.17) is 4.74 Å². The minimum absolute atomic E-state index is 0.134. The third kappa shape index (κ3) is 5.07. The first-order valence-corrected chi connectivity index (χ1v) is 10.3. The van der Waals surface area contributed by atoms with Crippen LogP contribution in [0.4, 0.5) is 5.95 Å². The zero-order valence-corrected chi connectivity index (χ0v) is 18.3. The number of hydrogen-bond acceptors (Lipinski definition) is 5. The van der Waals surface area contributed by atoms with Crippen molar-refractivity contribution in [3.8, 4) is 22.8 Å². The lowest BCUT2D eigenvalue weighted by Gasteiger charge is -2.00. The molecule has 0 aliphatic rings. The van der Waals surface area contributed by atoms with Gasteiger partial charge in [0.25, 0.3) is 5.95 Å². The molecule has 1 aromatic heterocycles. The van der Waals surface area contributed by atoms with Crippen LogP contribution >= 0.6 is 15.9 Å². The first-order valence-electron chi connectivity index (χ1n) is 9.48. The molecule has 0 unspecified atom stereocenters. The number of hydrogen-bond donors (Lipinski definition) is 1. The van der Waals surface area contributed by atoms with E-state index in [9.17, 15) is 5.11 Å². The number of rotatable bonds is 6. The molecule has 0 spiro atoms. The van der Waals surface area contributed by atoms with Crippen LogP contribution in [0.25, 0.3) is 11.3 Å². The number of aromatic nitrogens is 2. The van der Waals surface area contributed by atoms with Gasteiger partial charge in [0.15, 0.2) is 0 Å². The van der Waals surface area contributed by atoms with E-state index in [0.717, 1.165) is 27.0 Å². The first kappa shape index (κ1) is 20.6. The maximum Gasteiger partial charge on any atom is 0.251 e. The third-order valence-corrected chi connectivity index (χ3v) is 4.99. The highest BCUT2D eigenvalue weighted by atomic mass is 79.9. The lowest BCUT2D eigenvalue weighted by molar-refractivity contribution is 0.415. The number of methoxy groups -OCH3 is 1. The fourth-order valence-corrected chi connectivity index (χ4v) is 3.24. The van der Waals surface area contributed by atoms with Gasteiger partial charge in [0.05, 0.1) is 25.2 Å². The van der Waals surface area contributed by atoms with Gasteiger partial charge in [-0.2, -0.15) is 5.10 Å². The Balaban J connectivity index is 1.70. The normalized spacial score (nSPS) is 11.4. The quantitative estimate of drug-likeness (QED) is 0.366. The average molecular weight is 475 g/mol. The molecule has 1 N–H and O–H groups in total. The molecule has 4 rings (SSSR count). The Kier molecular flexibility index (Phi) is 6.24. The van der Waals surface area contributed by atoms with Crippen LogP contribution in [-0.2, 0) is 0 Å².